The van der Waals surface area contributed by atoms with E-state index in [1.165, 1.54) is 0 Å². The minimum Gasteiger partial charge on any atom is -0.365 e. The van der Waals surface area contributed by atoms with Crippen LogP contribution in [0, 0.1) is 0 Å². The van der Waals surface area contributed by atoms with Gasteiger partial charge in [-0.2, -0.15) is 0 Å². The summed E-state index contributed by atoms with van der Waals surface area (Å²) in [7, 11) is 2.12. The molecule has 0 radical (unpaired) electrons. The fraction of sp³-hybridized carbons (Fsp3) is 0.556. The van der Waals surface area contributed by atoms with Crippen molar-refractivity contribution in [2.45, 2.75) is 12.5 Å². The predicted molar refractivity (Wildman–Crippen MR) is 59.4 cm³/mol. The minimum absolute atomic E-state index is 0.456. The molecule has 0 aliphatic carbocycles. The Bertz CT molecular complexity index is 328. The molecular formula is C9H16N6. The number of rotatable bonds is 3. The Hall–Kier alpha value is -1.40. The molecule has 1 fully saturated rings. The smallest absolute Gasteiger partial charge is 0.160 e. The van der Waals surface area contributed by atoms with Crippen molar-refractivity contribution in [3.8, 4) is 0 Å². The van der Waals surface area contributed by atoms with Gasteiger partial charge in [0.2, 0.25) is 0 Å². The standard InChI is InChI=1S/C9H16N6/c1-15-3-2-7(6-15)12-8-4-11-5-9(13-8)14-10/h4-5,7H,2-3,6,10H2,1H3,(H2,12,13,14). The van der Waals surface area contributed by atoms with Crippen molar-refractivity contribution in [3.05, 3.63) is 12.4 Å². The topological polar surface area (TPSA) is 79.1 Å². The van der Waals surface area contributed by atoms with Crippen LogP contribution in [0.1, 0.15) is 6.42 Å². The molecule has 1 saturated heterocycles. The highest BCUT2D eigenvalue weighted by atomic mass is 15.3. The molecule has 4 N–H and O–H groups in total. The summed E-state index contributed by atoms with van der Waals surface area (Å²) < 4.78 is 0. The number of nitrogens with two attached hydrogens (primary N) is 1. The molecule has 0 saturated carbocycles. The normalized spacial score (nSPS) is 21.6. The van der Waals surface area contributed by atoms with Gasteiger partial charge in [-0.25, -0.2) is 10.8 Å². The summed E-state index contributed by atoms with van der Waals surface area (Å²) in [5.41, 5.74) is 2.48. The summed E-state index contributed by atoms with van der Waals surface area (Å²) in [6.45, 7) is 2.17. The maximum Gasteiger partial charge on any atom is 0.160 e. The fourth-order valence-electron chi connectivity index (χ4n) is 1.77. The average molecular weight is 208 g/mol. The summed E-state index contributed by atoms with van der Waals surface area (Å²) >= 11 is 0. The second kappa shape index (κ2) is 4.41. The molecule has 0 bridgehead atoms. The van der Waals surface area contributed by atoms with Crippen LogP contribution in [-0.2, 0) is 0 Å². The van der Waals surface area contributed by atoms with Crippen LogP contribution in [0.2, 0.25) is 0 Å². The second-order valence-corrected chi connectivity index (χ2v) is 3.83. The minimum atomic E-state index is 0.456. The first-order valence-corrected chi connectivity index (χ1v) is 5.01. The number of anilines is 2. The van der Waals surface area contributed by atoms with Crippen LogP contribution in [0.4, 0.5) is 11.6 Å². The highest BCUT2D eigenvalue weighted by Crippen LogP contribution is 2.13. The van der Waals surface area contributed by atoms with Crippen LogP contribution in [0.25, 0.3) is 0 Å². The Morgan fingerprint density at radius 3 is 2.93 bits per heavy atom. The van der Waals surface area contributed by atoms with E-state index < -0.39 is 0 Å². The van der Waals surface area contributed by atoms with Crippen molar-refractivity contribution < 1.29 is 0 Å². The average Bonchev–Trinajstić information content (AvgIpc) is 2.64. The van der Waals surface area contributed by atoms with Crippen molar-refractivity contribution >= 4 is 11.6 Å². The molecule has 15 heavy (non-hydrogen) atoms. The maximum absolute atomic E-state index is 5.26. The van der Waals surface area contributed by atoms with Gasteiger partial charge in [-0.3, -0.25) is 4.98 Å². The molecule has 1 aliphatic rings. The Kier molecular flexibility index (Phi) is 2.98. The lowest BCUT2D eigenvalue weighted by Crippen LogP contribution is -2.24. The highest BCUT2D eigenvalue weighted by Gasteiger charge is 2.19. The Labute approximate surface area is 88.9 Å². The first-order chi connectivity index (χ1) is 7.28. The molecule has 0 spiro atoms. The van der Waals surface area contributed by atoms with E-state index in [0.717, 1.165) is 25.3 Å². The predicted octanol–water partition coefficient (Wildman–Crippen LogP) is -0.122. The lowest BCUT2D eigenvalue weighted by molar-refractivity contribution is 0.414. The van der Waals surface area contributed by atoms with Gasteiger partial charge in [0.15, 0.2) is 5.82 Å². The van der Waals surface area contributed by atoms with E-state index in [1.807, 2.05) is 0 Å². The van der Waals surface area contributed by atoms with E-state index in [0.29, 0.717) is 11.9 Å². The number of hydrazine groups is 1. The quantitative estimate of drug-likeness (QED) is 0.474. The van der Waals surface area contributed by atoms with Gasteiger partial charge >= 0.3 is 0 Å². The molecule has 2 heterocycles. The summed E-state index contributed by atoms with van der Waals surface area (Å²) in [5, 5.41) is 3.34. The number of likely N-dealkylation sites (N-methyl/N-ethyl adjacent to an activating group) is 1. The van der Waals surface area contributed by atoms with Crippen molar-refractivity contribution in [2.75, 3.05) is 30.9 Å². The van der Waals surface area contributed by atoms with Crippen molar-refractivity contribution in [3.63, 3.8) is 0 Å². The van der Waals surface area contributed by atoms with Crippen LogP contribution in [0.5, 0.6) is 0 Å². The molecule has 1 unspecified atom stereocenters. The molecule has 1 aromatic heterocycles. The third-order valence-electron chi connectivity index (χ3n) is 2.53. The molecule has 6 nitrogen and oxygen atoms in total. The second-order valence-electron chi connectivity index (χ2n) is 3.83. The van der Waals surface area contributed by atoms with Gasteiger partial charge in [0.05, 0.1) is 12.4 Å². The van der Waals surface area contributed by atoms with Crippen LogP contribution in [-0.4, -0.2) is 41.0 Å². The third kappa shape index (κ3) is 2.54. The summed E-state index contributed by atoms with van der Waals surface area (Å²) in [5.74, 6) is 6.60. The molecule has 0 amide bonds. The first kappa shape index (κ1) is 10.1. The number of likely N-dealkylation sites (tertiary alicyclic amines) is 1. The largest absolute Gasteiger partial charge is 0.365 e. The van der Waals surface area contributed by atoms with Crippen molar-refractivity contribution in [2.24, 2.45) is 5.84 Å². The Balaban J connectivity index is 1.98. The van der Waals surface area contributed by atoms with Gasteiger partial charge in [-0.15, -0.1) is 0 Å². The first-order valence-electron chi connectivity index (χ1n) is 5.01. The van der Waals surface area contributed by atoms with E-state index in [-0.39, 0.29) is 0 Å². The summed E-state index contributed by atoms with van der Waals surface area (Å²) in [6, 6.07) is 0.456. The molecule has 1 aliphatic heterocycles. The Morgan fingerprint density at radius 2 is 2.27 bits per heavy atom. The van der Waals surface area contributed by atoms with Crippen LogP contribution < -0.4 is 16.6 Å². The van der Waals surface area contributed by atoms with Gasteiger partial charge in [0.1, 0.15) is 5.82 Å². The molecule has 1 aromatic rings. The van der Waals surface area contributed by atoms with Gasteiger partial charge < -0.3 is 15.6 Å². The van der Waals surface area contributed by atoms with E-state index in [9.17, 15) is 0 Å². The number of hydrogen-bond acceptors (Lipinski definition) is 6. The van der Waals surface area contributed by atoms with E-state index in [2.05, 4.69) is 32.7 Å². The lowest BCUT2D eigenvalue weighted by atomic mass is 10.3. The maximum atomic E-state index is 5.26. The van der Waals surface area contributed by atoms with Gasteiger partial charge in [0, 0.05) is 12.6 Å². The summed E-state index contributed by atoms with van der Waals surface area (Å²) in [4.78, 5) is 10.6. The lowest BCUT2D eigenvalue weighted by Gasteiger charge is -2.13. The van der Waals surface area contributed by atoms with Crippen LogP contribution in [0.15, 0.2) is 12.4 Å². The molecule has 6 heteroatoms. The number of aromatic nitrogens is 2. The zero-order valence-electron chi connectivity index (χ0n) is 8.77. The number of nitrogens with one attached hydrogen (secondary N) is 2. The summed E-state index contributed by atoms with van der Waals surface area (Å²) in [6.07, 6.45) is 4.43. The van der Waals surface area contributed by atoms with Crippen molar-refractivity contribution in [1.29, 1.82) is 0 Å². The number of nitrogens with zero attached hydrogens (tertiary/aromatic N) is 3. The SMILES string of the molecule is CN1CCC(Nc2cncc(NN)n2)C1. The monoisotopic (exact) mass is 208 g/mol. The van der Waals surface area contributed by atoms with E-state index >= 15 is 0 Å². The Morgan fingerprint density at radius 1 is 1.47 bits per heavy atom. The number of hydrogen-bond donors (Lipinski definition) is 3. The zero-order chi connectivity index (χ0) is 10.7. The molecule has 1 atom stereocenters. The third-order valence-corrected chi connectivity index (χ3v) is 2.53. The van der Waals surface area contributed by atoms with Gasteiger partial charge in [-0.05, 0) is 20.0 Å². The molecule has 0 aromatic carbocycles. The van der Waals surface area contributed by atoms with Crippen LogP contribution in [0.3, 0.4) is 0 Å². The van der Waals surface area contributed by atoms with E-state index in [1.54, 1.807) is 12.4 Å². The van der Waals surface area contributed by atoms with E-state index in [4.69, 9.17) is 5.84 Å². The molecule has 82 valence electrons. The van der Waals surface area contributed by atoms with Crippen LogP contribution >= 0.6 is 0 Å². The fourth-order valence-corrected chi connectivity index (χ4v) is 1.77. The van der Waals surface area contributed by atoms with Gasteiger partial charge in [-0.1, -0.05) is 0 Å². The van der Waals surface area contributed by atoms with Gasteiger partial charge in [0.25, 0.3) is 0 Å². The molecular weight excluding hydrogens is 192 g/mol. The highest BCUT2D eigenvalue weighted by molar-refractivity contribution is 5.41. The molecule has 2 rings (SSSR count). The zero-order valence-corrected chi connectivity index (χ0v) is 8.77. The number of nitrogen functional groups attached to an aromatic ring is 1. The van der Waals surface area contributed by atoms with Crippen molar-refractivity contribution in [1.82, 2.24) is 14.9 Å².